The maximum atomic E-state index is 11.6. The van der Waals surface area contributed by atoms with Gasteiger partial charge in [0.2, 0.25) is 0 Å². The Kier molecular flexibility index (Phi) is 3.89. The molecule has 14 heavy (non-hydrogen) atoms. The van der Waals surface area contributed by atoms with Gasteiger partial charge in [-0.2, -0.15) is 0 Å². The highest BCUT2D eigenvalue weighted by atomic mass is 16.3. The Labute approximate surface area is 85.3 Å². The minimum absolute atomic E-state index is 0.201. The van der Waals surface area contributed by atoms with Crippen LogP contribution < -0.4 is 5.32 Å². The zero-order valence-corrected chi connectivity index (χ0v) is 9.05. The Morgan fingerprint density at radius 1 is 1.50 bits per heavy atom. The molecule has 2 N–H and O–H groups in total. The van der Waals surface area contributed by atoms with Crippen molar-refractivity contribution in [1.29, 1.82) is 0 Å². The van der Waals surface area contributed by atoms with Crippen LogP contribution in [-0.2, 0) is 4.79 Å². The SMILES string of the molecule is CCCNC(=O)C1(O)CCN(C)CC1. The first kappa shape index (κ1) is 11.5. The van der Waals surface area contributed by atoms with E-state index in [4.69, 9.17) is 0 Å². The second-order valence-electron chi connectivity index (χ2n) is 4.09. The van der Waals surface area contributed by atoms with E-state index in [2.05, 4.69) is 10.2 Å². The second-order valence-corrected chi connectivity index (χ2v) is 4.09. The average molecular weight is 200 g/mol. The second kappa shape index (κ2) is 4.75. The van der Waals surface area contributed by atoms with Crippen LogP contribution in [0, 0.1) is 0 Å². The fraction of sp³-hybridized carbons (Fsp3) is 0.900. The molecule has 4 heteroatoms. The van der Waals surface area contributed by atoms with Gasteiger partial charge < -0.3 is 15.3 Å². The lowest BCUT2D eigenvalue weighted by Crippen LogP contribution is -2.53. The van der Waals surface area contributed by atoms with Gasteiger partial charge in [0.15, 0.2) is 0 Å². The van der Waals surface area contributed by atoms with E-state index < -0.39 is 5.60 Å². The summed E-state index contributed by atoms with van der Waals surface area (Å²) in [6.07, 6.45) is 1.99. The Morgan fingerprint density at radius 3 is 2.57 bits per heavy atom. The summed E-state index contributed by atoms with van der Waals surface area (Å²) in [4.78, 5) is 13.7. The third kappa shape index (κ3) is 2.69. The van der Waals surface area contributed by atoms with Crippen molar-refractivity contribution < 1.29 is 9.90 Å². The summed E-state index contributed by atoms with van der Waals surface area (Å²) < 4.78 is 0. The summed E-state index contributed by atoms with van der Waals surface area (Å²) in [6.45, 7) is 4.22. The average Bonchev–Trinajstić information content (AvgIpc) is 2.19. The van der Waals surface area contributed by atoms with Gasteiger partial charge >= 0.3 is 0 Å². The highest BCUT2D eigenvalue weighted by molar-refractivity contribution is 5.84. The minimum atomic E-state index is -1.12. The Balaban J connectivity index is 2.44. The summed E-state index contributed by atoms with van der Waals surface area (Å²) in [7, 11) is 2.00. The van der Waals surface area contributed by atoms with E-state index in [1.807, 2.05) is 14.0 Å². The molecule has 0 aromatic heterocycles. The molecule has 0 unspecified atom stereocenters. The molecule has 0 atom stereocenters. The van der Waals surface area contributed by atoms with E-state index >= 15 is 0 Å². The van der Waals surface area contributed by atoms with Crippen molar-refractivity contribution in [2.24, 2.45) is 0 Å². The van der Waals surface area contributed by atoms with Gasteiger partial charge in [-0.1, -0.05) is 6.92 Å². The number of rotatable bonds is 3. The number of likely N-dealkylation sites (tertiary alicyclic amines) is 1. The molecular weight excluding hydrogens is 180 g/mol. The molecule has 0 saturated carbocycles. The quantitative estimate of drug-likeness (QED) is 0.672. The van der Waals surface area contributed by atoms with E-state index in [1.165, 1.54) is 0 Å². The van der Waals surface area contributed by atoms with Crippen LogP contribution in [0.1, 0.15) is 26.2 Å². The summed E-state index contributed by atoms with van der Waals surface area (Å²) in [5.41, 5.74) is -1.12. The van der Waals surface area contributed by atoms with Gasteiger partial charge in [0.25, 0.3) is 5.91 Å². The van der Waals surface area contributed by atoms with Crippen LogP contribution in [0.15, 0.2) is 0 Å². The normalized spacial score (nSPS) is 21.9. The number of hydrogen-bond donors (Lipinski definition) is 2. The zero-order chi connectivity index (χ0) is 10.6. The van der Waals surface area contributed by atoms with Gasteiger partial charge in [0, 0.05) is 19.6 Å². The van der Waals surface area contributed by atoms with Gasteiger partial charge in [-0.25, -0.2) is 0 Å². The molecular formula is C10H20N2O2. The maximum Gasteiger partial charge on any atom is 0.252 e. The van der Waals surface area contributed by atoms with Crippen molar-refractivity contribution in [3.8, 4) is 0 Å². The fourth-order valence-corrected chi connectivity index (χ4v) is 1.62. The lowest BCUT2D eigenvalue weighted by Gasteiger charge is -2.35. The number of aliphatic hydroxyl groups is 1. The van der Waals surface area contributed by atoms with Crippen LogP contribution in [0.5, 0.6) is 0 Å². The van der Waals surface area contributed by atoms with Gasteiger partial charge in [-0.15, -0.1) is 0 Å². The molecule has 1 saturated heterocycles. The van der Waals surface area contributed by atoms with Crippen molar-refractivity contribution in [3.05, 3.63) is 0 Å². The molecule has 0 spiro atoms. The van der Waals surface area contributed by atoms with Crippen molar-refractivity contribution in [2.45, 2.75) is 31.8 Å². The first-order valence-electron chi connectivity index (χ1n) is 5.28. The van der Waals surface area contributed by atoms with Crippen molar-refractivity contribution in [2.75, 3.05) is 26.7 Å². The van der Waals surface area contributed by atoms with Crippen molar-refractivity contribution >= 4 is 5.91 Å². The van der Waals surface area contributed by atoms with E-state index in [0.717, 1.165) is 19.5 Å². The summed E-state index contributed by atoms with van der Waals surface area (Å²) in [5.74, 6) is -0.201. The number of piperidine rings is 1. The van der Waals surface area contributed by atoms with Gasteiger partial charge in [-0.05, 0) is 26.3 Å². The molecule has 1 aliphatic rings. The first-order valence-corrected chi connectivity index (χ1v) is 5.28. The number of carbonyl (C=O) groups excluding carboxylic acids is 1. The van der Waals surface area contributed by atoms with E-state index in [0.29, 0.717) is 19.4 Å². The Morgan fingerprint density at radius 2 is 2.07 bits per heavy atom. The molecule has 0 aromatic carbocycles. The highest BCUT2D eigenvalue weighted by Gasteiger charge is 2.38. The number of nitrogens with one attached hydrogen (secondary N) is 1. The fourth-order valence-electron chi connectivity index (χ4n) is 1.62. The molecule has 1 heterocycles. The first-order chi connectivity index (χ1) is 6.58. The van der Waals surface area contributed by atoms with E-state index in [1.54, 1.807) is 0 Å². The van der Waals surface area contributed by atoms with Crippen LogP contribution in [0.4, 0.5) is 0 Å². The van der Waals surface area contributed by atoms with Gasteiger partial charge in [0.05, 0.1) is 0 Å². The zero-order valence-electron chi connectivity index (χ0n) is 9.05. The standard InChI is InChI=1S/C10H20N2O2/c1-3-6-11-9(13)10(14)4-7-12(2)8-5-10/h14H,3-8H2,1-2H3,(H,11,13). The molecule has 1 aliphatic heterocycles. The van der Waals surface area contributed by atoms with Crippen molar-refractivity contribution in [1.82, 2.24) is 10.2 Å². The van der Waals surface area contributed by atoms with E-state index in [-0.39, 0.29) is 5.91 Å². The largest absolute Gasteiger partial charge is 0.380 e. The smallest absolute Gasteiger partial charge is 0.252 e. The minimum Gasteiger partial charge on any atom is -0.380 e. The third-order valence-corrected chi connectivity index (χ3v) is 2.77. The van der Waals surface area contributed by atoms with Crippen LogP contribution in [0.2, 0.25) is 0 Å². The topological polar surface area (TPSA) is 52.6 Å². The molecule has 0 radical (unpaired) electrons. The number of hydrogen-bond acceptors (Lipinski definition) is 3. The lowest BCUT2D eigenvalue weighted by molar-refractivity contribution is -0.144. The molecule has 4 nitrogen and oxygen atoms in total. The van der Waals surface area contributed by atoms with Crippen LogP contribution >= 0.6 is 0 Å². The predicted octanol–water partition coefficient (Wildman–Crippen LogP) is -0.0307. The van der Waals surface area contributed by atoms with E-state index in [9.17, 15) is 9.90 Å². The molecule has 1 rings (SSSR count). The Bertz CT molecular complexity index is 198. The molecule has 1 fully saturated rings. The predicted molar refractivity (Wildman–Crippen MR) is 55.0 cm³/mol. The van der Waals surface area contributed by atoms with Crippen LogP contribution in [-0.4, -0.2) is 48.2 Å². The third-order valence-electron chi connectivity index (χ3n) is 2.77. The molecule has 1 amide bonds. The van der Waals surface area contributed by atoms with Gasteiger partial charge in [0.1, 0.15) is 5.60 Å². The molecule has 0 aromatic rings. The van der Waals surface area contributed by atoms with Crippen molar-refractivity contribution in [3.63, 3.8) is 0 Å². The van der Waals surface area contributed by atoms with Crippen LogP contribution in [0.3, 0.4) is 0 Å². The molecule has 82 valence electrons. The Hall–Kier alpha value is -0.610. The number of amides is 1. The molecule has 0 aliphatic carbocycles. The summed E-state index contributed by atoms with van der Waals surface area (Å²) in [5, 5.41) is 12.8. The highest BCUT2D eigenvalue weighted by Crippen LogP contribution is 2.21. The number of nitrogens with zero attached hydrogens (tertiary/aromatic N) is 1. The monoisotopic (exact) mass is 200 g/mol. The summed E-state index contributed by atoms with van der Waals surface area (Å²) >= 11 is 0. The summed E-state index contributed by atoms with van der Waals surface area (Å²) in [6, 6.07) is 0. The van der Waals surface area contributed by atoms with Crippen LogP contribution in [0.25, 0.3) is 0 Å². The lowest BCUT2D eigenvalue weighted by atomic mass is 9.91. The van der Waals surface area contributed by atoms with Gasteiger partial charge in [-0.3, -0.25) is 4.79 Å². The molecule has 0 bridgehead atoms. The maximum absolute atomic E-state index is 11.6. The number of carbonyl (C=O) groups is 1.